The van der Waals surface area contributed by atoms with Crippen molar-refractivity contribution in [3.63, 3.8) is 0 Å². The number of nitrogens with two attached hydrogens (primary N) is 1. The first-order valence-corrected chi connectivity index (χ1v) is 9.64. The Morgan fingerprint density at radius 3 is 2.47 bits per heavy atom. The number of primary amides is 1. The second-order valence-electron chi connectivity index (χ2n) is 6.34. The molecule has 0 bridgehead atoms. The predicted octanol–water partition coefficient (Wildman–Crippen LogP) is 3.54. The zero-order valence-corrected chi connectivity index (χ0v) is 16.1. The number of hydrogen-bond donors (Lipinski definition) is 2. The van der Waals surface area contributed by atoms with Gasteiger partial charge in [0.05, 0.1) is 17.1 Å². The number of para-hydroxylation sites is 1. The first-order chi connectivity index (χ1) is 14.1. The van der Waals surface area contributed by atoms with Gasteiger partial charge in [0.25, 0.3) is 5.91 Å². The van der Waals surface area contributed by atoms with E-state index in [4.69, 9.17) is 5.73 Å². The van der Waals surface area contributed by atoms with E-state index in [0.717, 1.165) is 0 Å². The Kier molecular flexibility index (Phi) is 6.30. The number of anilines is 2. The highest BCUT2D eigenvalue weighted by Gasteiger charge is 2.35. The summed E-state index contributed by atoms with van der Waals surface area (Å²) < 4.78 is 50.8. The number of hydrazone groups is 1. The Morgan fingerprint density at radius 2 is 1.83 bits per heavy atom. The van der Waals surface area contributed by atoms with Crippen LogP contribution in [0.3, 0.4) is 0 Å². The third-order valence-corrected chi connectivity index (χ3v) is 5.26. The molecule has 6 nitrogen and oxygen atoms in total. The van der Waals surface area contributed by atoms with Crippen molar-refractivity contribution < 1.29 is 27.2 Å². The average molecular weight is 440 g/mol. The standard InChI is InChI=1S/C19H16F4N4O2S/c20-11-5-7-12(8-6-11)27-15(17(24)28)9-14(26-27)18(29)25-13-3-1-2-4-16(13)30-10-19(21,22)23/h1-8,15H,9-10H2,(H2,24,28)(H,25,29). The van der Waals surface area contributed by atoms with Crippen molar-refractivity contribution >= 4 is 40.7 Å². The summed E-state index contributed by atoms with van der Waals surface area (Å²) in [7, 11) is 0. The molecule has 158 valence electrons. The maximum atomic E-state index is 13.2. The monoisotopic (exact) mass is 440 g/mol. The molecule has 1 atom stereocenters. The highest BCUT2D eigenvalue weighted by molar-refractivity contribution is 7.99. The molecule has 2 aromatic rings. The normalized spacial score (nSPS) is 16.3. The topological polar surface area (TPSA) is 87.8 Å². The minimum Gasteiger partial charge on any atom is -0.368 e. The Morgan fingerprint density at radius 1 is 1.17 bits per heavy atom. The molecule has 0 saturated carbocycles. The fraction of sp³-hybridized carbons (Fsp3) is 0.211. The number of amides is 2. The lowest BCUT2D eigenvalue weighted by Gasteiger charge is -2.20. The molecule has 0 fully saturated rings. The number of carbonyl (C=O) groups is 2. The van der Waals surface area contributed by atoms with Crippen molar-refractivity contribution in [2.24, 2.45) is 10.8 Å². The van der Waals surface area contributed by atoms with E-state index in [1.807, 2.05) is 0 Å². The van der Waals surface area contributed by atoms with Crippen LogP contribution >= 0.6 is 11.8 Å². The highest BCUT2D eigenvalue weighted by Crippen LogP contribution is 2.32. The molecule has 1 aliphatic heterocycles. The molecule has 2 aromatic carbocycles. The van der Waals surface area contributed by atoms with Gasteiger partial charge in [-0.15, -0.1) is 11.8 Å². The van der Waals surface area contributed by atoms with E-state index in [-0.39, 0.29) is 22.7 Å². The molecule has 0 aliphatic carbocycles. The van der Waals surface area contributed by atoms with Gasteiger partial charge in [-0.05, 0) is 36.4 Å². The molecule has 1 unspecified atom stereocenters. The minimum absolute atomic E-state index is 0.0289. The second-order valence-corrected chi connectivity index (χ2v) is 7.36. The smallest absolute Gasteiger partial charge is 0.368 e. The van der Waals surface area contributed by atoms with Crippen LogP contribution in [0.15, 0.2) is 58.5 Å². The fourth-order valence-electron chi connectivity index (χ4n) is 2.75. The summed E-state index contributed by atoms with van der Waals surface area (Å²) in [6, 6.07) is 10.2. The van der Waals surface area contributed by atoms with Crippen LogP contribution in [-0.2, 0) is 9.59 Å². The van der Waals surface area contributed by atoms with E-state index >= 15 is 0 Å². The van der Waals surface area contributed by atoms with Gasteiger partial charge in [0.1, 0.15) is 17.6 Å². The SMILES string of the molecule is NC(=O)C1CC(C(=O)Nc2ccccc2SCC(F)(F)F)=NN1c1ccc(F)cc1. The summed E-state index contributed by atoms with van der Waals surface area (Å²) in [6.45, 7) is 0. The third kappa shape index (κ3) is 5.29. The van der Waals surface area contributed by atoms with Gasteiger partial charge in [-0.3, -0.25) is 14.6 Å². The van der Waals surface area contributed by atoms with Crippen LogP contribution in [0.25, 0.3) is 0 Å². The van der Waals surface area contributed by atoms with Crippen LogP contribution < -0.4 is 16.1 Å². The number of carbonyl (C=O) groups excluding carboxylic acids is 2. The Bertz CT molecular complexity index is 979. The van der Waals surface area contributed by atoms with Crippen molar-refractivity contribution in [1.29, 1.82) is 0 Å². The lowest BCUT2D eigenvalue weighted by Crippen LogP contribution is -2.39. The van der Waals surface area contributed by atoms with Crippen LogP contribution in [0.2, 0.25) is 0 Å². The third-order valence-electron chi connectivity index (χ3n) is 4.12. The number of halogens is 4. The largest absolute Gasteiger partial charge is 0.398 e. The quantitative estimate of drug-likeness (QED) is 0.531. The van der Waals surface area contributed by atoms with Gasteiger partial charge in [-0.1, -0.05) is 12.1 Å². The number of thioether (sulfide) groups is 1. The maximum Gasteiger partial charge on any atom is 0.398 e. The van der Waals surface area contributed by atoms with E-state index in [2.05, 4.69) is 10.4 Å². The summed E-state index contributed by atoms with van der Waals surface area (Å²) in [5, 5.41) is 7.89. The average Bonchev–Trinajstić information content (AvgIpc) is 3.13. The van der Waals surface area contributed by atoms with Gasteiger partial charge in [0, 0.05) is 11.3 Å². The van der Waals surface area contributed by atoms with Crippen LogP contribution in [-0.4, -0.2) is 35.5 Å². The van der Waals surface area contributed by atoms with Gasteiger partial charge in [0.2, 0.25) is 5.91 Å². The number of hydrogen-bond acceptors (Lipinski definition) is 5. The Balaban J connectivity index is 1.79. The van der Waals surface area contributed by atoms with Crippen molar-refractivity contribution in [3.05, 3.63) is 54.3 Å². The zero-order chi connectivity index (χ0) is 21.9. The van der Waals surface area contributed by atoms with Crippen LogP contribution in [0, 0.1) is 5.82 Å². The maximum absolute atomic E-state index is 13.2. The summed E-state index contributed by atoms with van der Waals surface area (Å²) in [5.41, 5.74) is 5.93. The Hall–Kier alpha value is -3.08. The lowest BCUT2D eigenvalue weighted by molar-refractivity contribution is -0.119. The first-order valence-electron chi connectivity index (χ1n) is 8.65. The second kappa shape index (κ2) is 8.74. The molecule has 3 N–H and O–H groups in total. The lowest BCUT2D eigenvalue weighted by atomic mass is 10.1. The number of rotatable bonds is 6. The van der Waals surface area contributed by atoms with Crippen molar-refractivity contribution in [1.82, 2.24) is 0 Å². The molecular formula is C19H16F4N4O2S. The van der Waals surface area contributed by atoms with Gasteiger partial charge < -0.3 is 11.1 Å². The summed E-state index contributed by atoms with van der Waals surface area (Å²) >= 11 is 0.543. The molecule has 3 rings (SSSR count). The van der Waals surface area contributed by atoms with Gasteiger partial charge in [-0.2, -0.15) is 18.3 Å². The van der Waals surface area contributed by atoms with Crippen LogP contribution in [0.5, 0.6) is 0 Å². The molecule has 0 radical (unpaired) electrons. The van der Waals surface area contributed by atoms with E-state index in [1.54, 1.807) is 12.1 Å². The van der Waals surface area contributed by atoms with E-state index in [1.165, 1.54) is 41.4 Å². The van der Waals surface area contributed by atoms with Crippen molar-refractivity contribution in [2.75, 3.05) is 16.1 Å². The summed E-state index contributed by atoms with van der Waals surface area (Å²) in [5.74, 6) is -3.00. The molecule has 0 aromatic heterocycles. The van der Waals surface area contributed by atoms with Crippen molar-refractivity contribution in [3.8, 4) is 0 Å². The van der Waals surface area contributed by atoms with Gasteiger partial charge in [0.15, 0.2) is 0 Å². The molecule has 0 spiro atoms. The number of nitrogens with zero attached hydrogens (tertiary/aromatic N) is 2. The van der Waals surface area contributed by atoms with E-state index in [9.17, 15) is 27.2 Å². The molecule has 2 amide bonds. The highest BCUT2D eigenvalue weighted by atomic mass is 32.2. The number of nitrogens with one attached hydrogen (secondary N) is 1. The molecule has 11 heteroatoms. The van der Waals surface area contributed by atoms with E-state index in [0.29, 0.717) is 17.4 Å². The molecule has 30 heavy (non-hydrogen) atoms. The molecule has 1 aliphatic rings. The number of alkyl halides is 3. The summed E-state index contributed by atoms with van der Waals surface area (Å²) in [6.07, 6.45) is -4.46. The summed E-state index contributed by atoms with van der Waals surface area (Å²) in [4.78, 5) is 24.7. The van der Waals surface area contributed by atoms with Crippen LogP contribution in [0.4, 0.5) is 28.9 Å². The van der Waals surface area contributed by atoms with Crippen molar-refractivity contribution in [2.45, 2.75) is 23.5 Å². The molecule has 0 saturated heterocycles. The molecular weight excluding hydrogens is 424 g/mol. The van der Waals surface area contributed by atoms with Gasteiger partial charge in [-0.25, -0.2) is 4.39 Å². The predicted molar refractivity (Wildman–Crippen MR) is 106 cm³/mol. The minimum atomic E-state index is -4.36. The van der Waals surface area contributed by atoms with Gasteiger partial charge >= 0.3 is 6.18 Å². The van der Waals surface area contributed by atoms with Crippen LogP contribution in [0.1, 0.15) is 6.42 Å². The van der Waals surface area contributed by atoms with E-state index < -0.39 is 35.6 Å². The number of benzene rings is 2. The zero-order valence-electron chi connectivity index (χ0n) is 15.3. The Labute approximate surface area is 173 Å². The molecule has 1 heterocycles. The fourth-order valence-corrected chi connectivity index (χ4v) is 3.52. The first kappa shape index (κ1) is 21.6.